The van der Waals surface area contributed by atoms with Crippen LogP contribution in [0.5, 0.6) is 11.5 Å². The number of ether oxygens (including phenoxy) is 2. The van der Waals surface area contributed by atoms with Gasteiger partial charge < -0.3 is 19.7 Å². The van der Waals surface area contributed by atoms with E-state index in [0.29, 0.717) is 22.9 Å². The van der Waals surface area contributed by atoms with E-state index in [4.69, 9.17) is 21.1 Å². The number of hydrogen-bond donors (Lipinski definition) is 1. The number of carbonyl (C=O) groups excluding carboxylic acids is 2. The van der Waals surface area contributed by atoms with Crippen LogP contribution >= 0.6 is 11.6 Å². The second-order valence-electron chi connectivity index (χ2n) is 9.25. The summed E-state index contributed by atoms with van der Waals surface area (Å²) in [7, 11) is 1.55. The normalized spacial score (nSPS) is 14.1. The summed E-state index contributed by atoms with van der Waals surface area (Å²) < 4.78 is 11.2. The molecule has 0 unspecified atom stereocenters. The zero-order valence-corrected chi connectivity index (χ0v) is 21.8. The Balaban J connectivity index is 1.63. The maximum Gasteiger partial charge on any atom is 0.261 e. The summed E-state index contributed by atoms with van der Waals surface area (Å²) in [5.41, 5.74) is 1.73. The van der Waals surface area contributed by atoms with Crippen LogP contribution in [0.3, 0.4) is 0 Å². The SMILES string of the molecule is COc1ccccc1OCC(=O)N(Cc1ccccc1Cl)[C@@H](Cc1ccccc1)C(=O)NC1CCCC1. The van der Waals surface area contributed by atoms with Gasteiger partial charge in [-0.1, -0.05) is 85.1 Å². The first-order valence-corrected chi connectivity index (χ1v) is 13.1. The number of methoxy groups -OCH3 is 1. The quantitative estimate of drug-likeness (QED) is 0.366. The molecule has 3 aromatic rings. The van der Waals surface area contributed by atoms with E-state index in [0.717, 1.165) is 36.8 Å². The summed E-state index contributed by atoms with van der Waals surface area (Å²) in [4.78, 5) is 29.0. The third-order valence-corrected chi connectivity index (χ3v) is 7.06. The molecule has 0 heterocycles. The number of benzene rings is 3. The number of rotatable bonds is 11. The molecule has 0 radical (unpaired) electrons. The Kier molecular flexibility index (Phi) is 9.44. The van der Waals surface area contributed by atoms with Crippen LogP contribution in [0.25, 0.3) is 0 Å². The van der Waals surface area contributed by atoms with Crippen LogP contribution in [0, 0.1) is 0 Å². The van der Waals surface area contributed by atoms with Gasteiger partial charge in [-0.15, -0.1) is 0 Å². The van der Waals surface area contributed by atoms with E-state index in [-0.39, 0.29) is 31.0 Å². The van der Waals surface area contributed by atoms with Crippen molar-refractivity contribution in [1.82, 2.24) is 10.2 Å². The average Bonchev–Trinajstić information content (AvgIpc) is 3.44. The van der Waals surface area contributed by atoms with Crippen LogP contribution in [-0.2, 0) is 22.6 Å². The number of amides is 2. The van der Waals surface area contributed by atoms with Gasteiger partial charge in [-0.3, -0.25) is 9.59 Å². The minimum atomic E-state index is -0.729. The van der Waals surface area contributed by atoms with Gasteiger partial charge in [0.25, 0.3) is 5.91 Å². The van der Waals surface area contributed by atoms with Crippen LogP contribution < -0.4 is 14.8 Å². The van der Waals surface area contributed by atoms with Crippen LogP contribution in [0.15, 0.2) is 78.9 Å². The molecule has 1 fully saturated rings. The van der Waals surface area contributed by atoms with Gasteiger partial charge in [0.2, 0.25) is 5.91 Å². The molecule has 7 heteroatoms. The smallest absolute Gasteiger partial charge is 0.261 e. The van der Waals surface area contributed by atoms with Crippen molar-refractivity contribution in [3.63, 3.8) is 0 Å². The highest BCUT2D eigenvalue weighted by molar-refractivity contribution is 6.31. The second-order valence-corrected chi connectivity index (χ2v) is 9.66. The summed E-state index contributed by atoms with van der Waals surface area (Å²) in [6, 6.07) is 23.7. The lowest BCUT2D eigenvalue weighted by Crippen LogP contribution is -2.53. The van der Waals surface area contributed by atoms with Gasteiger partial charge in [0, 0.05) is 24.0 Å². The minimum Gasteiger partial charge on any atom is -0.493 e. The van der Waals surface area contributed by atoms with Crippen molar-refractivity contribution >= 4 is 23.4 Å². The fraction of sp³-hybridized carbons (Fsp3) is 0.333. The Morgan fingerprint density at radius 1 is 0.946 bits per heavy atom. The highest BCUT2D eigenvalue weighted by Gasteiger charge is 2.32. The van der Waals surface area contributed by atoms with Gasteiger partial charge >= 0.3 is 0 Å². The van der Waals surface area contributed by atoms with Crippen molar-refractivity contribution in [3.05, 3.63) is 95.0 Å². The van der Waals surface area contributed by atoms with Crippen molar-refractivity contribution in [2.24, 2.45) is 0 Å². The highest BCUT2D eigenvalue weighted by Crippen LogP contribution is 2.27. The molecule has 0 spiro atoms. The van der Waals surface area contributed by atoms with Crippen LogP contribution in [0.4, 0.5) is 0 Å². The van der Waals surface area contributed by atoms with Gasteiger partial charge in [0.05, 0.1) is 7.11 Å². The zero-order valence-electron chi connectivity index (χ0n) is 21.1. The zero-order chi connectivity index (χ0) is 26.0. The molecule has 194 valence electrons. The Hall–Kier alpha value is -3.51. The molecule has 1 aliphatic carbocycles. The summed E-state index contributed by atoms with van der Waals surface area (Å²) >= 11 is 6.48. The molecule has 3 aromatic carbocycles. The first-order chi connectivity index (χ1) is 18.0. The molecule has 1 aliphatic rings. The van der Waals surface area contributed by atoms with Crippen LogP contribution in [-0.4, -0.2) is 42.5 Å². The van der Waals surface area contributed by atoms with Gasteiger partial charge in [0.15, 0.2) is 18.1 Å². The van der Waals surface area contributed by atoms with Gasteiger partial charge in [0.1, 0.15) is 6.04 Å². The molecule has 0 saturated heterocycles. The minimum absolute atomic E-state index is 0.132. The van der Waals surface area contributed by atoms with Crippen molar-refractivity contribution in [1.29, 1.82) is 0 Å². The third kappa shape index (κ3) is 7.26. The van der Waals surface area contributed by atoms with Crippen molar-refractivity contribution in [2.75, 3.05) is 13.7 Å². The van der Waals surface area contributed by atoms with Gasteiger partial charge in [-0.25, -0.2) is 0 Å². The predicted molar refractivity (Wildman–Crippen MR) is 145 cm³/mol. The lowest BCUT2D eigenvalue weighted by atomic mass is 10.0. The Morgan fingerprint density at radius 3 is 2.30 bits per heavy atom. The largest absolute Gasteiger partial charge is 0.493 e. The number of hydrogen-bond acceptors (Lipinski definition) is 4. The number of carbonyl (C=O) groups is 2. The molecule has 0 aromatic heterocycles. The average molecular weight is 521 g/mol. The van der Waals surface area contributed by atoms with Gasteiger partial charge in [-0.2, -0.15) is 0 Å². The van der Waals surface area contributed by atoms with Crippen molar-refractivity contribution < 1.29 is 19.1 Å². The molecule has 1 saturated carbocycles. The fourth-order valence-corrected chi connectivity index (χ4v) is 4.89. The van der Waals surface area contributed by atoms with Crippen molar-refractivity contribution in [3.8, 4) is 11.5 Å². The molecule has 2 amide bonds. The fourth-order valence-electron chi connectivity index (χ4n) is 4.69. The summed E-state index contributed by atoms with van der Waals surface area (Å²) in [5, 5.41) is 3.74. The topological polar surface area (TPSA) is 67.9 Å². The van der Waals surface area contributed by atoms with E-state index in [1.807, 2.05) is 60.7 Å². The molecule has 37 heavy (non-hydrogen) atoms. The van der Waals surface area contributed by atoms with Crippen LogP contribution in [0.1, 0.15) is 36.8 Å². The predicted octanol–water partition coefficient (Wildman–Crippen LogP) is 5.43. The van der Waals surface area contributed by atoms with Crippen molar-refractivity contribution in [2.45, 2.75) is 50.7 Å². The Labute approximate surface area is 223 Å². The monoisotopic (exact) mass is 520 g/mol. The summed E-state index contributed by atoms with van der Waals surface area (Å²) in [6.45, 7) is -0.0593. The summed E-state index contributed by atoms with van der Waals surface area (Å²) in [5.74, 6) is 0.528. The molecule has 6 nitrogen and oxygen atoms in total. The second kappa shape index (κ2) is 13.2. The van der Waals surface area contributed by atoms with E-state index in [2.05, 4.69) is 5.32 Å². The highest BCUT2D eigenvalue weighted by atomic mass is 35.5. The van der Waals surface area contributed by atoms with E-state index in [1.54, 1.807) is 30.2 Å². The lowest BCUT2D eigenvalue weighted by Gasteiger charge is -2.32. The number of para-hydroxylation sites is 2. The van der Waals surface area contributed by atoms with E-state index >= 15 is 0 Å². The maximum absolute atomic E-state index is 13.7. The Morgan fingerprint density at radius 2 is 1.59 bits per heavy atom. The first kappa shape index (κ1) is 26.6. The Bertz CT molecular complexity index is 1180. The van der Waals surface area contributed by atoms with E-state index in [1.165, 1.54) is 0 Å². The number of halogens is 1. The first-order valence-electron chi connectivity index (χ1n) is 12.7. The van der Waals surface area contributed by atoms with Crippen LogP contribution in [0.2, 0.25) is 5.02 Å². The third-order valence-electron chi connectivity index (χ3n) is 6.69. The standard InChI is InChI=1S/C30H33ClN2O4/c1-36-27-17-9-10-18-28(27)37-21-29(34)33(20-23-13-5-8-16-25(23)31)26(19-22-11-3-2-4-12-22)30(35)32-24-14-6-7-15-24/h2-5,8-13,16-18,24,26H,6-7,14-15,19-21H2,1H3,(H,32,35)/t26-/m0/s1. The summed E-state index contributed by atoms with van der Waals surface area (Å²) in [6.07, 6.45) is 4.50. The molecule has 1 atom stereocenters. The van der Waals surface area contributed by atoms with Gasteiger partial charge in [-0.05, 0) is 42.2 Å². The van der Waals surface area contributed by atoms with E-state index in [9.17, 15) is 9.59 Å². The number of nitrogens with one attached hydrogen (secondary N) is 1. The molecule has 4 rings (SSSR count). The molecular weight excluding hydrogens is 488 g/mol. The molecule has 0 aliphatic heterocycles. The lowest BCUT2D eigenvalue weighted by molar-refractivity contribution is -0.143. The molecule has 0 bridgehead atoms. The van der Waals surface area contributed by atoms with E-state index < -0.39 is 6.04 Å². The maximum atomic E-state index is 13.7. The molecule has 1 N–H and O–H groups in total. The molecular formula is C30H33ClN2O4. The number of nitrogens with zero attached hydrogens (tertiary/aromatic N) is 1.